The summed E-state index contributed by atoms with van der Waals surface area (Å²) in [7, 11) is -3.53. The van der Waals surface area contributed by atoms with E-state index in [1.54, 1.807) is 24.3 Å². The zero-order chi connectivity index (χ0) is 19.4. The molecule has 3 rings (SSSR count). The van der Waals surface area contributed by atoms with Crippen LogP contribution in [0.1, 0.15) is 17.5 Å². The maximum atomic E-state index is 12.3. The summed E-state index contributed by atoms with van der Waals surface area (Å²) in [6, 6.07) is 9.83. The average Bonchev–Trinajstić information content (AvgIpc) is 2.65. The highest BCUT2D eigenvalue weighted by molar-refractivity contribution is 7.91. The van der Waals surface area contributed by atoms with Crippen LogP contribution >= 0.6 is 11.6 Å². The number of fused-ring (bicyclic) bond motifs is 1. The van der Waals surface area contributed by atoms with Crippen LogP contribution in [0.5, 0.6) is 11.5 Å². The number of rotatable bonds is 6. The summed E-state index contributed by atoms with van der Waals surface area (Å²) in [4.78, 5) is 12.1. The fraction of sp³-hybridized carbons (Fsp3) is 0.316. The molecular weight excluding hydrogens is 392 g/mol. The molecule has 0 N–H and O–H groups in total. The van der Waals surface area contributed by atoms with Gasteiger partial charge in [0.15, 0.2) is 21.3 Å². The van der Waals surface area contributed by atoms with Gasteiger partial charge in [-0.2, -0.15) is 0 Å². The number of aryl methyl sites for hydroxylation is 1. The standard InChI is InChI=1S/C19H19ClO6S/c1-13-2-4-15(5-3-13)27(22,23)9-6-18(21)26-12-14-10-16(20)19-17(11-14)24-7-8-25-19/h2-5,10-11H,6-9,12H2,1H3. The number of sulfone groups is 1. The summed E-state index contributed by atoms with van der Waals surface area (Å²) in [5.41, 5.74) is 1.60. The molecule has 144 valence electrons. The zero-order valence-electron chi connectivity index (χ0n) is 14.7. The molecule has 0 spiro atoms. The van der Waals surface area contributed by atoms with Gasteiger partial charge in [-0.05, 0) is 36.8 Å². The SMILES string of the molecule is Cc1ccc(S(=O)(=O)CCC(=O)OCc2cc(Cl)c3c(c2)OCCO3)cc1. The lowest BCUT2D eigenvalue weighted by Crippen LogP contribution is -2.16. The first-order valence-electron chi connectivity index (χ1n) is 8.38. The molecule has 0 fully saturated rings. The highest BCUT2D eigenvalue weighted by atomic mass is 35.5. The molecule has 0 saturated carbocycles. The number of ether oxygens (including phenoxy) is 3. The molecule has 0 radical (unpaired) electrons. The number of hydrogen-bond acceptors (Lipinski definition) is 6. The number of hydrogen-bond donors (Lipinski definition) is 0. The van der Waals surface area contributed by atoms with Gasteiger partial charge >= 0.3 is 5.97 Å². The molecule has 0 bridgehead atoms. The lowest BCUT2D eigenvalue weighted by atomic mass is 10.2. The van der Waals surface area contributed by atoms with Crippen molar-refractivity contribution in [2.45, 2.75) is 24.8 Å². The number of carbonyl (C=O) groups excluding carboxylic acids is 1. The molecule has 1 aliphatic heterocycles. The topological polar surface area (TPSA) is 78.9 Å². The average molecular weight is 411 g/mol. The fourth-order valence-electron chi connectivity index (χ4n) is 2.56. The Morgan fingerprint density at radius 2 is 1.85 bits per heavy atom. The molecule has 1 heterocycles. The number of halogens is 1. The second-order valence-corrected chi connectivity index (χ2v) is 8.66. The molecule has 0 amide bonds. The van der Waals surface area contributed by atoms with Crippen molar-refractivity contribution in [3.63, 3.8) is 0 Å². The summed E-state index contributed by atoms with van der Waals surface area (Å²) < 4.78 is 40.6. The van der Waals surface area contributed by atoms with Gasteiger partial charge < -0.3 is 14.2 Å². The largest absolute Gasteiger partial charge is 0.486 e. The Hall–Kier alpha value is -2.25. The molecular formula is C19H19ClO6S. The van der Waals surface area contributed by atoms with Crippen LogP contribution in [-0.4, -0.2) is 33.4 Å². The molecule has 2 aromatic rings. The van der Waals surface area contributed by atoms with Gasteiger partial charge in [-0.25, -0.2) is 8.42 Å². The molecule has 6 nitrogen and oxygen atoms in total. The van der Waals surface area contributed by atoms with E-state index in [1.807, 2.05) is 6.92 Å². The van der Waals surface area contributed by atoms with Crippen molar-refractivity contribution in [2.24, 2.45) is 0 Å². The minimum Gasteiger partial charge on any atom is -0.486 e. The molecule has 27 heavy (non-hydrogen) atoms. The Balaban J connectivity index is 1.55. The Labute approximate surface area is 162 Å². The van der Waals surface area contributed by atoms with Crippen molar-refractivity contribution in [3.05, 3.63) is 52.5 Å². The monoisotopic (exact) mass is 410 g/mol. The van der Waals surface area contributed by atoms with Gasteiger partial charge in [0.2, 0.25) is 0 Å². The fourth-order valence-corrected chi connectivity index (χ4v) is 4.07. The van der Waals surface area contributed by atoms with E-state index in [2.05, 4.69) is 0 Å². The Morgan fingerprint density at radius 1 is 1.15 bits per heavy atom. The van der Waals surface area contributed by atoms with E-state index in [1.165, 1.54) is 12.1 Å². The van der Waals surface area contributed by atoms with Crippen LogP contribution in [0.15, 0.2) is 41.3 Å². The quantitative estimate of drug-likeness (QED) is 0.679. The van der Waals surface area contributed by atoms with Crippen LogP contribution in [0, 0.1) is 6.92 Å². The summed E-state index contributed by atoms with van der Waals surface area (Å²) in [5, 5.41) is 0.375. The Morgan fingerprint density at radius 3 is 2.59 bits per heavy atom. The smallest absolute Gasteiger partial charge is 0.307 e. The van der Waals surface area contributed by atoms with E-state index in [9.17, 15) is 13.2 Å². The first kappa shape index (κ1) is 19.5. The molecule has 0 saturated heterocycles. The lowest BCUT2D eigenvalue weighted by molar-refractivity contribution is -0.144. The number of benzene rings is 2. The highest BCUT2D eigenvalue weighted by Crippen LogP contribution is 2.38. The minimum absolute atomic E-state index is 0.0280. The summed E-state index contributed by atoms with van der Waals surface area (Å²) in [6.07, 6.45) is -0.228. The second-order valence-electron chi connectivity index (χ2n) is 6.14. The Bertz CT molecular complexity index is 937. The van der Waals surface area contributed by atoms with E-state index in [-0.39, 0.29) is 23.7 Å². The van der Waals surface area contributed by atoms with Gasteiger partial charge in [0.05, 0.1) is 22.1 Å². The predicted octanol–water partition coefficient (Wildman–Crippen LogP) is 3.33. The van der Waals surface area contributed by atoms with E-state index >= 15 is 0 Å². The van der Waals surface area contributed by atoms with Crippen molar-refractivity contribution >= 4 is 27.4 Å². The van der Waals surface area contributed by atoms with Gasteiger partial charge in [-0.1, -0.05) is 29.3 Å². The maximum Gasteiger partial charge on any atom is 0.307 e. The van der Waals surface area contributed by atoms with Crippen molar-refractivity contribution in [1.82, 2.24) is 0 Å². The third kappa shape index (κ3) is 4.93. The van der Waals surface area contributed by atoms with Gasteiger partial charge in [-0.3, -0.25) is 4.79 Å². The van der Waals surface area contributed by atoms with Crippen molar-refractivity contribution in [2.75, 3.05) is 19.0 Å². The normalized spacial score (nSPS) is 13.3. The van der Waals surface area contributed by atoms with Crippen LogP contribution in [0.3, 0.4) is 0 Å². The van der Waals surface area contributed by atoms with Gasteiger partial charge in [0.1, 0.15) is 19.8 Å². The van der Waals surface area contributed by atoms with E-state index in [0.717, 1.165) is 5.56 Å². The van der Waals surface area contributed by atoms with Gasteiger partial charge in [-0.15, -0.1) is 0 Å². The lowest BCUT2D eigenvalue weighted by Gasteiger charge is -2.20. The zero-order valence-corrected chi connectivity index (χ0v) is 16.3. The molecule has 0 unspecified atom stereocenters. The van der Waals surface area contributed by atoms with E-state index in [4.69, 9.17) is 25.8 Å². The van der Waals surface area contributed by atoms with Crippen LogP contribution in [-0.2, 0) is 26.0 Å². The van der Waals surface area contributed by atoms with Gasteiger partial charge in [0.25, 0.3) is 0 Å². The number of esters is 1. The predicted molar refractivity (Wildman–Crippen MR) is 100 cm³/mol. The van der Waals surface area contributed by atoms with E-state index in [0.29, 0.717) is 35.3 Å². The summed E-state index contributed by atoms with van der Waals surface area (Å²) >= 11 is 6.14. The molecule has 8 heteroatoms. The van der Waals surface area contributed by atoms with Crippen LogP contribution < -0.4 is 9.47 Å². The van der Waals surface area contributed by atoms with Gasteiger partial charge in [0, 0.05) is 0 Å². The maximum absolute atomic E-state index is 12.3. The van der Waals surface area contributed by atoms with Crippen LogP contribution in [0.4, 0.5) is 0 Å². The van der Waals surface area contributed by atoms with Crippen LogP contribution in [0.2, 0.25) is 5.02 Å². The molecule has 2 aromatic carbocycles. The third-order valence-corrected chi connectivity index (χ3v) is 6.02. The number of carbonyl (C=O) groups is 1. The van der Waals surface area contributed by atoms with E-state index < -0.39 is 15.8 Å². The summed E-state index contributed by atoms with van der Waals surface area (Å²) in [5.74, 6) is 0.0668. The molecule has 0 aromatic heterocycles. The highest BCUT2D eigenvalue weighted by Gasteiger charge is 2.19. The molecule has 0 atom stereocenters. The molecule has 0 aliphatic carbocycles. The van der Waals surface area contributed by atoms with Crippen molar-refractivity contribution in [1.29, 1.82) is 0 Å². The van der Waals surface area contributed by atoms with Crippen molar-refractivity contribution < 1.29 is 27.4 Å². The first-order chi connectivity index (χ1) is 12.8. The van der Waals surface area contributed by atoms with Crippen LogP contribution in [0.25, 0.3) is 0 Å². The Kier molecular flexibility index (Phi) is 5.92. The minimum atomic E-state index is -3.53. The molecule has 1 aliphatic rings. The summed E-state index contributed by atoms with van der Waals surface area (Å²) in [6.45, 7) is 2.69. The third-order valence-electron chi connectivity index (χ3n) is 4.01. The first-order valence-corrected chi connectivity index (χ1v) is 10.4. The second kappa shape index (κ2) is 8.19. The van der Waals surface area contributed by atoms with Crippen molar-refractivity contribution in [3.8, 4) is 11.5 Å².